The molecule has 2 aromatic carbocycles. The van der Waals surface area contributed by atoms with Gasteiger partial charge in [0.1, 0.15) is 0 Å². The number of para-hydroxylation sites is 1. The molecule has 6 heteroatoms. The average Bonchev–Trinajstić information content (AvgIpc) is 2.90. The van der Waals surface area contributed by atoms with Crippen LogP contribution in [0.1, 0.15) is 16.7 Å². The number of amides is 2. The Kier molecular flexibility index (Phi) is 5.04. The summed E-state index contributed by atoms with van der Waals surface area (Å²) in [5, 5.41) is -0.309. The summed E-state index contributed by atoms with van der Waals surface area (Å²) in [4.78, 5) is 27.0. The first-order valence-electron chi connectivity index (χ1n) is 8.02. The monoisotopic (exact) mass is 369 g/mol. The third-order valence-corrected chi connectivity index (χ3v) is 4.99. The van der Waals surface area contributed by atoms with Crippen molar-refractivity contribution in [2.24, 2.45) is 0 Å². The second-order valence-electron chi connectivity index (χ2n) is 5.89. The summed E-state index contributed by atoms with van der Waals surface area (Å²) in [6.45, 7) is 3.81. The maximum absolute atomic E-state index is 12.9. The molecule has 1 fully saturated rings. The molecule has 0 aliphatic carbocycles. The lowest BCUT2D eigenvalue weighted by molar-refractivity contribution is -0.113. The van der Waals surface area contributed by atoms with Gasteiger partial charge in [0, 0.05) is 5.56 Å². The van der Waals surface area contributed by atoms with E-state index in [1.54, 1.807) is 19.3 Å². The zero-order valence-electron chi connectivity index (χ0n) is 15.0. The Morgan fingerprint density at radius 2 is 1.81 bits per heavy atom. The van der Waals surface area contributed by atoms with Crippen LogP contribution in [0.2, 0.25) is 0 Å². The van der Waals surface area contributed by atoms with Gasteiger partial charge in [0.2, 0.25) is 0 Å². The number of imide groups is 1. The van der Waals surface area contributed by atoms with Crippen LogP contribution in [0.4, 0.5) is 10.5 Å². The molecule has 3 rings (SSSR count). The minimum Gasteiger partial charge on any atom is -0.493 e. The Morgan fingerprint density at radius 3 is 2.50 bits per heavy atom. The Morgan fingerprint density at radius 1 is 1.04 bits per heavy atom. The average molecular weight is 369 g/mol. The van der Waals surface area contributed by atoms with E-state index in [4.69, 9.17) is 9.47 Å². The van der Waals surface area contributed by atoms with Crippen LogP contribution in [0, 0.1) is 13.8 Å². The van der Waals surface area contributed by atoms with Crippen LogP contribution in [0.3, 0.4) is 0 Å². The first-order valence-corrected chi connectivity index (χ1v) is 8.84. The second-order valence-corrected chi connectivity index (χ2v) is 6.88. The number of carbonyl (C=O) groups excluding carboxylic acids is 2. The third kappa shape index (κ3) is 3.20. The van der Waals surface area contributed by atoms with E-state index in [0.717, 1.165) is 22.9 Å². The summed E-state index contributed by atoms with van der Waals surface area (Å²) in [6.07, 6.45) is 1.66. The standard InChI is InChI=1S/C20H19NO4S/c1-12-8-9-13(2)15(10-12)21-19(22)17(26-20(21)23)11-14-6-5-7-16(24-3)18(14)25-4/h5-11H,1-4H3/b17-11-. The Labute approximate surface area is 156 Å². The molecule has 1 aliphatic heterocycles. The lowest BCUT2D eigenvalue weighted by atomic mass is 10.1. The van der Waals surface area contributed by atoms with Crippen molar-refractivity contribution in [2.45, 2.75) is 13.8 Å². The highest BCUT2D eigenvalue weighted by molar-refractivity contribution is 8.19. The topological polar surface area (TPSA) is 55.8 Å². The van der Waals surface area contributed by atoms with E-state index in [1.807, 2.05) is 44.2 Å². The van der Waals surface area contributed by atoms with Crippen molar-refractivity contribution >= 4 is 34.7 Å². The van der Waals surface area contributed by atoms with Crippen molar-refractivity contribution in [1.29, 1.82) is 0 Å². The van der Waals surface area contributed by atoms with Gasteiger partial charge in [0.15, 0.2) is 11.5 Å². The molecule has 0 aromatic heterocycles. The van der Waals surface area contributed by atoms with Crippen molar-refractivity contribution in [3.63, 3.8) is 0 Å². The van der Waals surface area contributed by atoms with Crippen molar-refractivity contribution in [3.05, 3.63) is 58.0 Å². The number of benzene rings is 2. The minimum absolute atomic E-state index is 0.309. The van der Waals surface area contributed by atoms with Crippen LogP contribution in [-0.4, -0.2) is 25.4 Å². The summed E-state index contributed by atoms with van der Waals surface area (Å²) in [5.41, 5.74) is 3.16. The molecular weight excluding hydrogens is 350 g/mol. The van der Waals surface area contributed by atoms with E-state index in [1.165, 1.54) is 12.0 Å². The Balaban J connectivity index is 2.02. The molecule has 5 nitrogen and oxygen atoms in total. The zero-order valence-corrected chi connectivity index (χ0v) is 15.8. The highest BCUT2D eigenvalue weighted by atomic mass is 32.2. The highest BCUT2D eigenvalue weighted by Gasteiger charge is 2.37. The normalized spacial score (nSPS) is 15.7. The maximum Gasteiger partial charge on any atom is 0.298 e. The summed E-state index contributed by atoms with van der Waals surface area (Å²) >= 11 is 0.921. The fourth-order valence-electron chi connectivity index (χ4n) is 2.80. The van der Waals surface area contributed by atoms with Gasteiger partial charge in [0.05, 0.1) is 24.8 Å². The van der Waals surface area contributed by atoms with Gasteiger partial charge in [-0.3, -0.25) is 9.59 Å². The van der Waals surface area contributed by atoms with E-state index in [-0.39, 0.29) is 11.1 Å². The fraction of sp³-hybridized carbons (Fsp3) is 0.200. The predicted octanol–water partition coefficient (Wildman–Crippen LogP) is 4.56. The van der Waals surface area contributed by atoms with Gasteiger partial charge in [-0.15, -0.1) is 0 Å². The van der Waals surface area contributed by atoms with Crippen molar-refractivity contribution in [3.8, 4) is 11.5 Å². The Hall–Kier alpha value is -2.73. The molecule has 1 aliphatic rings. The van der Waals surface area contributed by atoms with Gasteiger partial charge in [-0.1, -0.05) is 24.3 Å². The molecule has 0 atom stereocenters. The highest BCUT2D eigenvalue weighted by Crippen LogP contribution is 2.39. The fourth-order valence-corrected chi connectivity index (χ4v) is 3.63. The molecule has 26 heavy (non-hydrogen) atoms. The minimum atomic E-state index is -0.335. The molecule has 0 spiro atoms. The number of carbonyl (C=O) groups is 2. The largest absolute Gasteiger partial charge is 0.493 e. The zero-order chi connectivity index (χ0) is 18.8. The number of anilines is 1. The number of methoxy groups -OCH3 is 2. The van der Waals surface area contributed by atoms with Gasteiger partial charge in [-0.25, -0.2) is 4.90 Å². The molecule has 0 bridgehead atoms. The van der Waals surface area contributed by atoms with E-state index in [0.29, 0.717) is 27.7 Å². The smallest absolute Gasteiger partial charge is 0.298 e. The molecule has 1 heterocycles. The van der Waals surface area contributed by atoms with Gasteiger partial charge in [0.25, 0.3) is 11.1 Å². The lowest BCUT2D eigenvalue weighted by Gasteiger charge is -2.16. The van der Waals surface area contributed by atoms with Crippen LogP contribution in [0.15, 0.2) is 41.3 Å². The van der Waals surface area contributed by atoms with Gasteiger partial charge in [-0.2, -0.15) is 0 Å². The first kappa shape index (κ1) is 18.1. The molecule has 0 N–H and O–H groups in total. The number of rotatable bonds is 4. The van der Waals surface area contributed by atoms with E-state index in [9.17, 15) is 9.59 Å². The van der Waals surface area contributed by atoms with Crippen LogP contribution >= 0.6 is 11.8 Å². The molecule has 2 amide bonds. The van der Waals surface area contributed by atoms with E-state index in [2.05, 4.69) is 0 Å². The van der Waals surface area contributed by atoms with Gasteiger partial charge < -0.3 is 9.47 Å². The van der Waals surface area contributed by atoms with E-state index < -0.39 is 0 Å². The van der Waals surface area contributed by atoms with Gasteiger partial charge >= 0.3 is 0 Å². The quantitative estimate of drug-likeness (QED) is 0.740. The van der Waals surface area contributed by atoms with Crippen molar-refractivity contribution < 1.29 is 19.1 Å². The number of thioether (sulfide) groups is 1. The summed E-state index contributed by atoms with van der Waals surface area (Å²) in [5.74, 6) is 0.752. The molecule has 2 aromatic rings. The first-order chi connectivity index (χ1) is 12.5. The number of hydrogen-bond acceptors (Lipinski definition) is 5. The molecule has 0 unspecified atom stereocenters. The number of aryl methyl sites for hydroxylation is 2. The van der Waals surface area contributed by atoms with Crippen LogP contribution in [-0.2, 0) is 4.79 Å². The Bertz CT molecular complexity index is 920. The van der Waals surface area contributed by atoms with Crippen molar-refractivity contribution in [1.82, 2.24) is 0 Å². The summed E-state index contributed by atoms with van der Waals surface area (Å²) < 4.78 is 10.7. The van der Waals surface area contributed by atoms with Crippen LogP contribution in [0.25, 0.3) is 6.08 Å². The lowest BCUT2D eigenvalue weighted by Crippen LogP contribution is -2.28. The third-order valence-electron chi connectivity index (χ3n) is 4.12. The predicted molar refractivity (Wildman–Crippen MR) is 104 cm³/mol. The molecule has 0 radical (unpaired) electrons. The van der Waals surface area contributed by atoms with Crippen LogP contribution in [0.5, 0.6) is 11.5 Å². The molecular formula is C20H19NO4S. The van der Waals surface area contributed by atoms with E-state index >= 15 is 0 Å². The summed E-state index contributed by atoms with van der Waals surface area (Å²) in [6, 6.07) is 11.1. The number of hydrogen-bond donors (Lipinski definition) is 0. The number of ether oxygens (including phenoxy) is 2. The van der Waals surface area contributed by atoms with Crippen LogP contribution < -0.4 is 14.4 Å². The maximum atomic E-state index is 12.9. The molecule has 0 saturated carbocycles. The SMILES string of the molecule is COc1cccc(/C=C2\SC(=O)N(c3cc(C)ccc3C)C2=O)c1OC. The molecule has 134 valence electrons. The van der Waals surface area contributed by atoms with Crippen molar-refractivity contribution in [2.75, 3.05) is 19.1 Å². The molecule has 1 saturated heterocycles. The summed E-state index contributed by atoms with van der Waals surface area (Å²) in [7, 11) is 3.09. The second kappa shape index (κ2) is 7.25. The van der Waals surface area contributed by atoms with Gasteiger partial charge in [-0.05, 0) is 54.9 Å². The number of nitrogens with zero attached hydrogens (tertiary/aromatic N) is 1.